The van der Waals surface area contributed by atoms with Crippen LogP contribution in [0.5, 0.6) is 11.5 Å². The summed E-state index contributed by atoms with van der Waals surface area (Å²) in [5.41, 5.74) is 3.72. The minimum absolute atomic E-state index is 0.0102. The predicted molar refractivity (Wildman–Crippen MR) is 109 cm³/mol. The Kier molecular flexibility index (Phi) is 4.61. The first-order valence-electron chi connectivity index (χ1n) is 8.68. The molecule has 0 saturated heterocycles. The number of phenols is 1. The Labute approximate surface area is 165 Å². The van der Waals surface area contributed by atoms with E-state index in [9.17, 15) is 5.11 Å². The molecular formula is C21H25Cl2NO2. The largest absolute Gasteiger partial charge is 0.506 e. The second kappa shape index (κ2) is 6.24. The van der Waals surface area contributed by atoms with Gasteiger partial charge in [-0.25, -0.2) is 0 Å². The van der Waals surface area contributed by atoms with Crippen LogP contribution in [0.15, 0.2) is 24.3 Å². The zero-order valence-corrected chi connectivity index (χ0v) is 17.5. The minimum Gasteiger partial charge on any atom is -0.506 e. The summed E-state index contributed by atoms with van der Waals surface area (Å²) in [6, 6.07) is 7.53. The number of hydrogen-bond acceptors (Lipinski definition) is 3. The fraction of sp³-hybridized carbons (Fsp3) is 0.429. The van der Waals surface area contributed by atoms with Crippen molar-refractivity contribution >= 4 is 28.9 Å². The van der Waals surface area contributed by atoms with E-state index in [1.54, 1.807) is 6.07 Å². The van der Waals surface area contributed by atoms with Gasteiger partial charge in [0, 0.05) is 10.6 Å². The topological polar surface area (TPSA) is 41.5 Å². The lowest BCUT2D eigenvalue weighted by molar-refractivity contribution is 0.248. The van der Waals surface area contributed by atoms with Gasteiger partial charge in [0.1, 0.15) is 11.5 Å². The van der Waals surface area contributed by atoms with Crippen LogP contribution in [0.4, 0.5) is 5.69 Å². The van der Waals surface area contributed by atoms with Gasteiger partial charge in [-0.2, -0.15) is 0 Å². The molecule has 26 heavy (non-hydrogen) atoms. The smallest absolute Gasteiger partial charge is 0.200 e. The van der Waals surface area contributed by atoms with Gasteiger partial charge in [0.2, 0.25) is 0 Å². The van der Waals surface area contributed by atoms with Crippen molar-refractivity contribution < 1.29 is 9.84 Å². The molecule has 0 aliphatic carbocycles. The first-order chi connectivity index (χ1) is 11.9. The third-order valence-electron chi connectivity index (χ3n) is 4.63. The predicted octanol–water partition coefficient (Wildman–Crippen LogP) is 6.80. The van der Waals surface area contributed by atoms with Gasteiger partial charge in [0.25, 0.3) is 0 Å². The average molecular weight is 394 g/mol. The Bertz CT molecular complexity index is 864. The quantitative estimate of drug-likeness (QED) is 0.559. The van der Waals surface area contributed by atoms with Crippen LogP contribution in [0.2, 0.25) is 10.0 Å². The van der Waals surface area contributed by atoms with E-state index in [1.807, 2.05) is 0 Å². The van der Waals surface area contributed by atoms with E-state index < -0.39 is 6.23 Å². The molecule has 1 atom stereocenters. The normalized spacial score (nSPS) is 16.8. The number of halogens is 2. The number of ether oxygens (including phenoxy) is 1. The van der Waals surface area contributed by atoms with Crippen molar-refractivity contribution in [3.8, 4) is 11.5 Å². The summed E-state index contributed by atoms with van der Waals surface area (Å²) in [7, 11) is 0. The zero-order chi connectivity index (χ0) is 19.4. The molecule has 3 nitrogen and oxygen atoms in total. The summed E-state index contributed by atoms with van der Waals surface area (Å²) in [5, 5.41) is 14.4. The highest BCUT2D eigenvalue weighted by atomic mass is 35.5. The summed E-state index contributed by atoms with van der Waals surface area (Å²) in [5.74, 6) is 0.792. The van der Waals surface area contributed by atoms with Crippen molar-refractivity contribution in [1.82, 2.24) is 0 Å². The SMILES string of the molecule is CC(C)(C)c1cc2c(c(C(C)(C)C)c1)O[C@H](c1cc(Cl)cc(Cl)c1O)N2. The molecule has 140 valence electrons. The lowest BCUT2D eigenvalue weighted by Gasteiger charge is -2.26. The van der Waals surface area contributed by atoms with Crippen LogP contribution in [0.25, 0.3) is 0 Å². The first kappa shape index (κ1) is 19.2. The molecule has 5 heteroatoms. The lowest BCUT2D eigenvalue weighted by atomic mass is 9.80. The maximum Gasteiger partial charge on any atom is 0.200 e. The second-order valence-electron chi connectivity index (χ2n) is 8.87. The Morgan fingerprint density at radius 2 is 1.62 bits per heavy atom. The first-order valence-corrected chi connectivity index (χ1v) is 9.43. The second-order valence-corrected chi connectivity index (χ2v) is 9.71. The van der Waals surface area contributed by atoms with E-state index >= 15 is 0 Å². The number of hydrogen-bond donors (Lipinski definition) is 2. The van der Waals surface area contributed by atoms with Crippen LogP contribution >= 0.6 is 23.2 Å². The van der Waals surface area contributed by atoms with E-state index in [2.05, 4.69) is 59.0 Å². The van der Waals surface area contributed by atoms with Crippen LogP contribution in [0.1, 0.15) is 64.5 Å². The summed E-state index contributed by atoms with van der Waals surface area (Å²) in [6.45, 7) is 13.1. The van der Waals surface area contributed by atoms with Crippen molar-refractivity contribution in [3.05, 3.63) is 51.0 Å². The van der Waals surface area contributed by atoms with E-state index in [-0.39, 0.29) is 21.6 Å². The molecule has 0 amide bonds. The standard InChI is InChI=1S/C21H25Cl2NO2/c1-20(2,3)11-7-14(21(4,5)6)18-16(8-11)24-19(26-18)13-9-12(22)10-15(23)17(13)25/h7-10,19,24-25H,1-6H3/t19-/m1/s1. The lowest BCUT2D eigenvalue weighted by Crippen LogP contribution is -2.17. The third-order valence-corrected chi connectivity index (χ3v) is 5.13. The van der Waals surface area contributed by atoms with Gasteiger partial charge in [-0.05, 0) is 34.6 Å². The Morgan fingerprint density at radius 1 is 0.962 bits per heavy atom. The highest BCUT2D eigenvalue weighted by Gasteiger charge is 2.34. The molecule has 1 aliphatic heterocycles. The van der Waals surface area contributed by atoms with E-state index in [4.69, 9.17) is 27.9 Å². The van der Waals surface area contributed by atoms with E-state index in [0.29, 0.717) is 10.6 Å². The molecule has 0 bridgehead atoms. The number of phenolic OH excluding ortho intramolecular Hbond substituents is 1. The fourth-order valence-corrected chi connectivity index (χ4v) is 3.58. The van der Waals surface area contributed by atoms with Crippen molar-refractivity contribution in [2.75, 3.05) is 5.32 Å². The third kappa shape index (κ3) is 3.47. The molecule has 0 saturated carbocycles. The molecule has 1 heterocycles. The van der Waals surface area contributed by atoms with Crippen LogP contribution in [0.3, 0.4) is 0 Å². The number of nitrogens with one attached hydrogen (secondary N) is 1. The summed E-state index contributed by atoms with van der Waals surface area (Å²) >= 11 is 12.2. The van der Waals surface area contributed by atoms with Gasteiger partial charge in [-0.1, -0.05) is 70.8 Å². The average Bonchev–Trinajstić information content (AvgIpc) is 2.91. The summed E-state index contributed by atoms with van der Waals surface area (Å²) in [6.07, 6.45) is -0.544. The number of anilines is 1. The Hall–Kier alpha value is -1.58. The molecule has 0 fully saturated rings. The Morgan fingerprint density at radius 3 is 2.19 bits per heavy atom. The van der Waals surface area contributed by atoms with Crippen molar-refractivity contribution in [2.24, 2.45) is 0 Å². The fourth-order valence-electron chi connectivity index (χ4n) is 3.07. The van der Waals surface area contributed by atoms with E-state index in [0.717, 1.165) is 17.0 Å². The summed E-state index contributed by atoms with van der Waals surface area (Å²) < 4.78 is 6.22. The molecule has 0 unspecified atom stereocenters. The maximum absolute atomic E-state index is 10.4. The number of rotatable bonds is 1. The molecule has 0 spiro atoms. The van der Waals surface area contributed by atoms with Gasteiger partial charge in [0.15, 0.2) is 6.23 Å². The molecule has 2 aromatic rings. The van der Waals surface area contributed by atoms with Gasteiger partial charge < -0.3 is 15.2 Å². The molecule has 2 N–H and O–H groups in total. The minimum atomic E-state index is -0.544. The molecule has 0 radical (unpaired) electrons. The van der Waals surface area contributed by atoms with E-state index in [1.165, 1.54) is 11.6 Å². The number of aromatic hydroxyl groups is 1. The van der Waals surface area contributed by atoms with Crippen LogP contribution in [-0.4, -0.2) is 5.11 Å². The Balaban J connectivity index is 2.11. The molecule has 3 rings (SSSR count). The van der Waals surface area contributed by atoms with Gasteiger partial charge in [-0.3, -0.25) is 0 Å². The van der Waals surface area contributed by atoms with Crippen molar-refractivity contribution in [2.45, 2.75) is 58.6 Å². The van der Waals surface area contributed by atoms with Gasteiger partial charge in [-0.15, -0.1) is 0 Å². The van der Waals surface area contributed by atoms with Crippen molar-refractivity contribution in [3.63, 3.8) is 0 Å². The summed E-state index contributed by atoms with van der Waals surface area (Å²) in [4.78, 5) is 0. The molecular weight excluding hydrogens is 369 g/mol. The van der Waals surface area contributed by atoms with Crippen LogP contribution in [-0.2, 0) is 10.8 Å². The number of fused-ring (bicyclic) bond motifs is 1. The van der Waals surface area contributed by atoms with Gasteiger partial charge in [0.05, 0.1) is 16.3 Å². The van der Waals surface area contributed by atoms with Crippen molar-refractivity contribution in [1.29, 1.82) is 0 Å². The van der Waals surface area contributed by atoms with Crippen LogP contribution in [0, 0.1) is 0 Å². The zero-order valence-electron chi connectivity index (χ0n) is 16.0. The van der Waals surface area contributed by atoms with Gasteiger partial charge >= 0.3 is 0 Å². The highest BCUT2D eigenvalue weighted by Crippen LogP contribution is 2.49. The molecule has 2 aromatic carbocycles. The molecule has 1 aliphatic rings. The molecule has 0 aromatic heterocycles. The highest BCUT2D eigenvalue weighted by molar-refractivity contribution is 6.35. The number of benzene rings is 2. The van der Waals surface area contributed by atoms with Crippen LogP contribution < -0.4 is 10.1 Å². The maximum atomic E-state index is 10.4. The monoisotopic (exact) mass is 393 g/mol.